The number of sulfonamides is 1. The second kappa shape index (κ2) is 9.16. The molecule has 0 saturated heterocycles. The Bertz CT molecular complexity index is 888. The topological polar surface area (TPSA) is 84.5 Å². The molecule has 0 heterocycles. The predicted molar refractivity (Wildman–Crippen MR) is 107 cm³/mol. The first-order chi connectivity index (χ1) is 12.4. The number of rotatable bonds is 8. The van der Waals surface area contributed by atoms with Gasteiger partial charge in [0.1, 0.15) is 10.6 Å². The van der Waals surface area contributed by atoms with Crippen LogP contribution in [0.25, 0.3) is 0 Å². The van der Waals surface area contributed by atoms with Gasteiger partial charge in [-0.05, 0) is 36.6 Å². The summed E-state index contributed by atoms with van der Waals surface area (Å²) in [5.41, 5.74) is 0.627. The van der Waals surface area contributed by atoms with Gasteiger partial charge in [0.05, 0.1) is 17.8 Å². The van der Waals surface area contributed by atoms with Gasteiger partial charge in [-0.25, -0.2) is 8.42 Å². The van der Waals surface area contributed by atoms with Crippen molar-refractivity contribution in [1.29, 1.82) is 0 Å². The van der Waals surface area contributed by atoms with E-state index in [4.69, 9.17) is 16.3 Å². The smallest absolute Gasteiger partial charge is 0.265 e. The van der Waals surface area contributed by atoms with Gasteiger partial charge in [0.25, 0.3) is 10.0 Å². The number of para-hydroxylation sites is 1. The van der Waals surface area contributed by atoms with Crippen LogP contribution in [0.1, 0.15) is 6.42 Å². The van der Waals surface area contributed by atoms with Crippen molar-refractivity contribution in [1.82, 2.24) is 0 Å². The number of ether oxygens (including phenoxy) is 1. The van der Waals surface area contributed by atoms with E-state index in [0.717, 1.165) is 0 Å². The first kappa shape index (κ1) is 20.4. The van der Waals surface area contributed by atoms with E-state index in [1.54, 1.807) is 42.1 Å². The number of carbonyl (C=O) groups is 1. The van der Waals surface area contributed by atoms with Crippen molar-refractivity contribution in [2.45, 2.75) is 11.3 Å². The van der Waals surface area contributed by atoms with Crippen molar-refractivity contribution in [3.8, 4) is 5.75 Å². The van der Waals surface area contributed by atoms with E-state index in [0.29, 0.717) is 17.9 Å². The van der Waals surface area contributed by atoms with E-state index < -0.39 is 10.0 Å². The number of nitrogens with one attached hydrogen (secondary N) is 2. The molecule has 0 atom stereocenters. The standard InChI is InChI=1S/C17H19ClN2O4S2/c1-24-15-8-7-12(19-17(21)9-10-25-2)11-16(15)26(22,23)20-14-6-4-3-5-13(14)18/h3-8,11,20H,9-10H2,1-2H3,(H,19,21). The lowest BCUT2D eigenvalue weighted by molar-refractivity contribution is -0.115. The van der Waals surface area contributed by atoms with Crippen LogP contribution < -0.4 is 14.8 Å². The Morgan fingerprint density at radius 2 is 1.96 bits per heavy atom. The van der Waals surface area contributed by atoms with Gasteiger partial charge in [-0.3, -0.25) is 9.52 Å². The highest BCUT2D eigenvalue weighted by atomic mass is 35.5. The highest BCUT2D eigenvalue weighted by molar-refractivity contribution is 7.98. The van der Waals surface area contributed by atoms with E-state index in [-0.39, 0.29) is 27.3 Å². The van der Waals surface area contributed by atoms with Crippen LogP contribution in [-0.4, -0.2) is 33.4 Å². The van der Waals surface area contributed by atoms with Crippen molar-refractivity contribution in [2.75, 3.05) is 29.2 Å². The van der Waals surface area contributed by atoms with Crippen molar-refractivity contribution in [2.24, 2.45) is 0 Å². The lowest BCUT2D eigenvalue weighted by Gasteiger charge is -2.14. The normalized spacial score (nSPS) is 11.0. The molecule has 2 aromatic rings. The summed E-state index contributed by atoms with van der Waals surface area (Å²) in [5.74, 6) is 0.653. The summed E-state index contributed by atoms with van der Waals surface area (Å²) in [6.45, 7) is 0. The predicted octanol–water partition coefficient (Wildman–Crippen LogP) is 3.84. The minimum Gasteiger partial charge on any atom is -0.495 e. The van der Waals surface area contributed by atoms with Gasteiger partial charge in [-0.15, -0.1) is 0 Å². The number of amides is 1. The lowest BCUT2D eigenvalue weighted by atomic mass is 10.3. The average molecular weight is 415 g/mol. The van der Waals surface area contributed by atoms with Crippen molar-refractivity contribution >= 4 is 50.7 Å². The molecule has 1 amide bonds. The number of thioether (sulfide) groups is 1. The molecule has 140 valence electrons. The average Bonchev–Trinajstić information content (AvgIpc) is 2.61. The summed E-state index contributed by atoms with van der Waals surface area (Å²) < 4.78 is 33.1. The van der Waals surface area contributed by atoms with Gasteiger partial charge in [-0.1, -0.05) is 23.7 Å². The largest absolute Gasteiger partial charge is 0.495 e. The van der Waals surface area contributed by atoms with Gasteiger partial charge in [0.2, 0.25) is 5.91 Å². The molecule has 0 saturated carbocycles. The molecule has 9 heteroatoms. The SMILES string of the molecule is COc1ccc(NC(=O)CCSC)cc1S(=O)(=O)Nc1ccccc1Cl. The minimum atomic E-state index is -3.97. The molecule has 0 radical (unpaired) electrons. The molecule has 0 aliphatic heterocycles. The van der Waals surface area contributed by atoms with Gasteiger partial charge in [-0.2, -0.15) is 11.8 Å². The van der Waals surface area contributed by atoms with Crippen LogP contribution in [0.3, 0.4) is 0 Å². The molecule has 0 bridgehead atoms. The van der Waals surface area contributed by atoms with Crippen LogP contribution in [0.2, 0.25) is 5.02 Å². The molecule has 0 unspecified atom stereocenters. The third-order valence-electron chi connectivity index (χ3n) is 3.39. The highest BCUT2D eigenvalue weighted by Gasteiger charge is 2.21. The zero-order valence-electron chi connectivity index (χ0n) is 14.3. The number of hydrogen-bond donors (Lipinski definition) is 2. The second-order valence-electron chi connectivity index (χ2n) is 5.24. The lowest BCUT2D eigenvalue weighted by Crippen LogP contribution is -2.16. The molecule has 0 spiro atoms. The number of methoxy groups -OCH3 is 1. The van der Waals surface area contributed by atoms with Crippen molar-refractivity contribution in [3.63, 3.8) is 0 Å². The summed E-state index contributed by atoms with van der Waals surface area (Å²) in [7, 11) is -2.59. The van der Waals surface area contributed by atoms with Crippen LogP contribution in [-0.2, 0) is 14.8 Å². The van der Waals surface area contributed by atoms with Gasteiger partial charge < -0.3 is 10.1 Å². The maximum Gasteiger partial charge on any atom is 0.265 e. The Hall–Kier alpha value is -1.90. The monoisotopic (exact) mass is 414 g/mol. The Kier molecular flexibility index (Phi) is 7.19. The number of halogens is 1. The highest BCUT2D eigenvalue weighted by Crippen LogP contribution is 2.30. The Morgan fingerprint density at radius 3 is 2.62 bits per heavy atom. The van der Waals surface area contributed by atoms with Crippen LogP contribution in [0, 0.1) is 0 Å². The number of carbonyl (C=O) groups excluding carboxylic acids is 1. The Morgan fingerprint density at radius 1 is 1.23 bits per heavy atom. The van der Waals surface area contributed by atoms with E-state index in [1.165, 1.54) is 19.2 Å². The number of hydrogen-bond acceptors (Lipinski definition) is 5. The minimum absolute atomic E-state index is 0.0948. The van der Waals surface area contributed by atoms with Crippen LogP contribution in [0.15, 0.2) is 47.4 Å². The van der Waals surface area contributed by atoms with E-state index in [2.05, 4.69) is 10.0 Å². The molecule has 2 N–H and O–H groups in total. The summed E-state index contributed by atoms with van der Waals surface area (Å²) in [5, 5.41) is 2.96. The molecule has 2 rings (SSSR count). The number of anilines is 2. The second-order valence-corrected chi connectivity index (χ2v) is 8.29. The fourth-order valence-electron chi connectivity index (χ4n) is 2.13. The third-order valence-corrected chi connectivity index (χ3v) is 5.72. The van der Waals surface area contributed by atoms with Crippen LogP contribution in [0.4, 0.5) is 11.4 Å². The van der Waals surface area contributed by atoms with Crippen LogP contribution in [0.5, 0.6) is 5.75 Å². The first-order valence-corrected chi connectivity index (χ1v) is 10.9. The maximum atomic E-state index is 12.8. The van der Waals surface area contributed by atoms with Crippen LogP contribution >= 0.6 is 23.4 Å². The molecular formula is C17H19ClN2O4S2. The summed E-state index contributed by atoms with van der Waals surface area (Å²) >= 11 is 7.58. The van der Waals surface area contributed by atoms with Gasteiger partial charge in [0, 0.05) is 17.9 Å². The first-order valence-electron chi connectivity index (χ1n) is 7.61. The molecular weight excluding hydrogens is 396 g/mol. The van der Waals surface area contributed by atoms with Crippen molar-refractivity contribution < 1.29 is 17.9 Å². The Labute approximate surface area is 162 Å². The van der Waals surface area contributed by atoms with Gasteiger partial charge in [0.15, 0.2) is 0 Å². The molecule has 0 fully saturated rings. The summed E-state index contributed by atoms with van der Waals surface area (Å²) in [6.07, 6.45) is 2.25. The van der Waals surface area contributed by atoms with E-state index >= 15 is 0 Å². The molecule has 0 aliphatic rings. The summed E-state index contributed by atoms with van der Waals surface area (Å²) in [4.78, 5) is 11.8. The van der Waals surface area contributed by atoms with E-state index in [9.17, 15) is 13.2 Å². The van der Waals surface area contributed by atoms with Crippen molar-refractivity contribution in [3.05, 3.63) is 47.5 Å². The Balaban J connectivity index is 2.32. The fraction of sp³-hybridized carbons (Fsp3) is 0.235. The summed E-state index contributed by atoms with van der Waals surface area (Å²) in [6, 6.07) is 10.9. The quantitative estimate of drug-likeness (QED) is 0.685. The molecule has 0 aromatic heterocycles. The maximum absolute atomic E-state index is 12.8. The van der Waals surface area contributed by atoms with E-state index in [1.807, 2.05) is 6.26 Å². The third kappa shape index (κ3) is 5.30. The van der Waals surface area contributed by atoms with Gasteiger partial charge >= 0.3 is 0 Å². The number of benzene rings is 2. The molecule has 2 aromatic carbocycles. The zero-order valence-corrected chi connectivity index (χ0v) is 16.7. The molecule has 26 heavy (non-hydrogen) atoms. The zero-order chi connectivity index (χ0) is 19.2. The fourth-order valence-corrected chi connectivity index (χ4v) is 4.03. The molecule has 6 nitrogen and oxygen atoms in total. The molecule has 0 aliphatic carbocycles.